The quantitative estimate of drug-likeness (QED) is 0.681. The molecule has 148 valence electrons. The summed E-state index contributed by atoms with van der Waals surface area (Å²) in [5.74, 6) is -0.0717. The van der Waals surface area contributed by atoms with Gasteiger partial charge in [0.15, 0.2) is 6.54 Å². The Bertz CT molecular complexity index is 923. The van der Waals surface area contributed by atoms with E-state index >= 15 is 0 Å². The number of nitrogens with one attached hydrogen (secondary N) is 2. The fourth-order valence-corrected chi connectivity index (χ4v) is 4.47. The van der Waals surface area contributed by atoms with Crippen molar-refractivity contribution in [2.75, 3.05) is 38.0 Å². The summed E-state index contributed by atoms with van der Waals surface area (Å²) in [5, 5.41) is 4.13. The Balaban J connectivity index is 1.49. The Morgan fingerprint density at radius 1 is 1.07 bits per heavy atom. The molecule has 28 heavy (non-hydrogen) atoms. The maximum atomic E-state index is 12.5. The number of carbonyl (C=O) groups excluding carboxylic acids is 1. The fraction of sp³-hybridized carbons (Fsp3) is 0.250. The van der Waals surface area contributed by atoms with E-state index in [9.17, 15) is 13.2 Å². The smallest absolute Gasteiger partial charge is 0.279 e. The van der Waals surface area contributed by atoms with E-state index in [1.165, 1.54) is 9.71 Å². The second kappa shape index (κ2) is 9.47. The molecule has 0 unspecified atom stereocenters. The molecule has 1 aliphatic heterocycles. The zero-order valence-electron chi connectivity index (χ0n) is 15.3. The predicted octanol–water partition coefficient (Wildman–Crippen LogP) is 1.59. The Morgan fingerprint density at radius 3 is 2.36 bits per heavy atom. The van der Waals surface area contributed by atoms with Crippen LogP contribution < -0.4 is 10.2 Å². The molecular formula is C20H23BrN3O3S+. The van der Waals surface area contributed by atoms with E-state index in [1.807, 2.05) is 54.6 Å². The number of piperazine rings is 1. The average molecular weight is 465 g/mol. The lowest BCUT2D eigenvalue weighted by Gasteiger charge is -2.30. The van der Waals surface area contributed by atoms with Gasteiger partial charge in [-0.3, -0.25) is 4.79 Å². The first kappa shape index (κ1) is 20.7. The van der Waals surface area contributed by atoms with Crippen molar-refractivity contribution in [1.82, 2.24) is 4.31 Å². The van der Waals surface area contributed by atoms with Gasteiger partial charge < -0.3 is 10.2 Å². The molecule has 1 heterocycles. The van der Waals surface area contributed by atoms with Gasteiger partial charge in [0, 0.05) is 15.6 Å². The highest BCUT2D eigenvalue weighted by atomic mass is 79.9. The van der Waals surface area contributed by atoms with E-state index in [-0.39, 0.29) is 5.91 Å². The van der Waals surface area contributed by atoms with Crippen molar-refractivity contribution >= 4 is 43.6 Å². The van der Waals surface area contributed by atoms with Gasteiger partial charge in [-0.25, -0.2) is 8.42 Å². The van der Waals surface area contributed by atoms with Crippen molar-refractivity contribution in [3.63, 3.8) is 0 Å². The van der Waals surface area contributed by atoms with Gasteiger partial charge in [-0.15, -0.1) is 0 Å². The van der Waals surface area contributed by atoms with Gasteiger partial charge in [0.2, 0.25) is 10.0 Å². The third kappa shape index (κ3) is 6.00. The zero-order valence-corrected chi connectivity index (χ0v) is 17.7. The number of hydrogen-bond donors (Lipinski definition) is 2. The Morgan fingerprint density at radius 2 is 1.71 bits per heavy atom. The summed E-state index contributed by atoms with van der Waals surface area (Å²) in [6, 6.07) is 16.8. The van der Waals surface area contributed by atoms with Crippen LogP contribution in [-0.4, -0.2) is 51.4 Å². The predicted molar refractivity (Wildman–Crippen MR) is 114 cm³/mol. The standard InChI is InChI=1S/C20H22BrN3O3S/c21-18-6-8-19(9-7-18)22-20(25)16-23-11-13-24(14-12-23)28(26,27)15-10-17-4-2-1-3-5-17/h1-10,15H,11-14,16H2,(H,22,25)/p+1/b15-10+. The lowest BCUT2D eigenvalue weighted by molar-refractivity contribution is -0.895. The summed E-state index contributed by atoms with van der Waals surface area (Å²) in [6.07, 6.45) is 1.61. The summed E-state index contributed by atoms with van der Waals surface area (Å²) in [4.78, 5) is 13.3. The van der Waals surface area contributed by atoms with Crippen molar-refractivity contribution in [3.8, 4) is 0 Å². The van der Waals surface area contributed by atoms with Crippen LogP contribution in [0.25, 0.3) is 6.08 Å². The lowest BCUT2D eigenvalue weighted by atomic mass is 10.2. The monoisotopic (exact) mass is 464 g/mol. The molecule has 0 aromatic heterocycles. The van der Waals surface area contributed by atoms with Gasteiger partial charge in [-0.05, 0) is 35.9 Å². The first-order valence-electron chi connectivity index (χ1n) is 9.05. The van der Waals surface area contributed by atoms with Crippen molar-refractivity contribution in [2.24, 2.45) is 0 Å². The zero-order chi connectivity index (χ0) is 20.0. The molecule has 1 aliphatic rings. The van der Waals surface area contributed by atoms with Crippen LogP contribution in [0.3, 0.4) is 0 Å². The molecule has 0 saturated carbocycles. The van der Waals surface area contributed by atoms with Crippen LogP contribution in [0.15, 0.2) is 64.5 Å². The van der Waals surface area contributed by atoms with Crippen molar-refractivity contribution in [1.29, 1.82) is 0 Å². The van der Waals surface area contributed by atoms with Gasteiger partial charge in [-0.2, -0.15) is 4.31 Å². The number of carbonyl (C=O) groups is 1. The highest BCUT2D eigenvalue weighted by Crippen LogP contribution is 2.13. The molecular weight excluding hydrogens is 442 g/mol. The summed E-state index contributed by atoms with van der Waals surface area (Å²) < 4.78 is 27.4. The van der Waals surface area contributed by atoms with Gasteiger partial charge >= 0.3 is 0 Å². The van der Waals surface area contributed by atoms with E-state index < -0.39 is 10.0 Å². The highest BCUT2D eigenvalue weighted by Gasteiger charge is 2.28. The minimum atomic E-state index is -3.45. The van der Waals surface area contributed by atoms with E-state index in [0.29, 0.717) is 32.7 Å². The molecule has 0 radical (unpaired) electrons. The van der Waals surface area contributed by atoms with Crippen molar-refractivity contribution in [3.05, 3.63) is 70.0 Å². The molecule has 2 N–H and O–H groups in total. The molecule has 0 spiro atoms. The Labute approximate surface area is 174 Å². The van der Waals surface area contributed by atoms with E-state index in [1.54, 1.807) is 6.08 Å². The lowest BCUT2D eigenvalue weighted by Crippen LogP contribution is -3.15. The van der Waals surface area contributed by atoms with Crippen LogP contribution in [0, 0.1) is 0 Å². The number of anilines is 1. The van der Waals surface area contributed by atoms with Crippen molar-refractivity contribution < 1.29 is 18.1 Å². The number of hydrogen-bond acceptors (Lipinski definition) is 3. The number of nitrogens with zero attached hydrogens (tertiary/aromatic N) is 1. The van der Waals surface area contributed by atoms with Gasteiger partial charge in [0.25, 0.3) is 5.91 Å². The molecule has 0 aliphatic carbocycles. The summed E-state index contributed by atoms with van der Waals surface area (Å²) in [6.45, 7) is 2.34. The van der Waals surface area contributed by atoms with E-state index in [2.05, 4.69) is 21.2 Å². The van der Waals surface area contributed by atoms with Gasteiger partial charge in [-0.1, -0.05) is 46.3 Å². The maximum absolute atomic E-state index is 12.5. The van der Waals surface area contributed by atoms with Crippen LogP contribution >= 0.6 is 15.9 Å². The number of halogens is 1. The molecule has 8 heteroatoms. The molecule has 1 saturated heterocycles. The number of benzene rings is 2. The topological polar surface area (TPSA) is 70.9 Å². The number of sulfonamides is 1. The summed E-state index contributed by atoms with van der Waals surface area (Å²) in [5.41, 5.74) is 1.60. The van der Waals surface area contributed by atoms with Crippen LogP contribution in [0.5, 0.6) is 0 Å². The molecule has 2 aromatic rings. The molecule has 1 fully saturated rings. The van der Waals surface area contributed by atoms with Gasteiger partial charge in [0.1, 0.15) is 0 Å². The average Bonchev–Trinajstić information content (AvgIpc) is 2.69. The largest absolute Gasteiger partial charge is 0.325 e. The van der Waals surface area contributed by atoms with Crippen LogP contribution in [0.1, 0.15) is 5.56 Å². The number of amides is 1. The normalized spacial score (nSPS) is 16.3. The van der Waals surface area contributed by atoms with Gasteiger partial charge in [0.05, 0.1) is 26.2 Å². The van der Waals surface area contributed by atoms with Crippen molar-refractivity contribution in [2.45, 2.75) is 0 Å². The molecule has 0 atom stereocenters. The SMILES string of the molecule is O=C(C[NH+]1CCN(S(=O)(=O)/C=C/c2ccccc2)CC1)Nc1ccc(Br)cc1. The summed E-state index contributed by atoms with van der Waals surface area (Å²) in [7, 11) is -3.45. The molecule has 6 nitrogen and oxygen atoms in total. The van der Waals surface area contributed by atoms with Crippen LogP contribution in [0.2, 0.25) is 0 Å². The minimum absolute atomic E-state index is 0.0717. The first-order chi connectivity index (χ1) is 13.4. The second-order valence-corrected chi connectivity index (χ2v) is 9.37. The Hall–Kier alpha value is -2.00. The Kier molecular flexibility index (Phi) is 7.01. The number of quaternary nitrogens is 1. The fourth-order valence-electron chi connectivity index (χ4n) is 3.01. The molecule has 1 amide bonds. The van der Waals surface area contributed by atoms with Crippen LogP contribution in [-0.2, 0) is 14.8 Å². The molecule has 3 rings (SSSR count). The van der Waals surface area contributed by atoms with E-state index in [0.717, 1.165) is 20.6 Å². The first-order valence-corrected chi connectivity index (χ1v) is 11.3. The van der Waals surface area contributed by atoms with E-state index in [4.69, 9.17) is 0 Å². The minimum Gasteiger partial charge on any atom is -0.325 e. The second-order valence-electron chi connectivity index (χ2n) is 6.64. The third-order valence-corrected chi connectivity index (χ3v) is 6.65. The van der Waals surface area contributed by atoms with Crippen LogP contribution in [0.4, 0.5) is 5.69 Å². The summed E-state index contributed by atoms with van der Waals surface area (Å²) >= 11 is 3.36. The highest BCUT2D eigenvalue weighted by molar-refractivity contribution is 9.10. The maximum Gasteiger partial charge on any atom is 0.279 e. The molecule has 0 bridgehead atoms. The number of rotatable bonds is 6. The molecule has 2 aromatic carbocycles. The third-order valence-electron chi connectivity index (χ3n) is 4.56.